The summed E-state index contributed by atoms with van der Waals surface area (Å²) in [6.45, 7) is 7.62. The van der Waals surface area contributed by atoms with Crippen LogP contribution in [0.2, 0.25) is 0 Å². The summed E-state index contributed by atoms with van der Waals surface area (Å²) in [5.74, 6) is 0. The van der Waals surface area contributed by atoms with Gasteiger partial charge in [-0.2, -0.15) is 0 Å². The zero-order chi connectivity index (χ0) is 13.2. The number of hydrogen-bond acceptors (Lipinski definition) is 1. The van der Waals surface area contributed by atoms with Gasteiger partial charge in [0.05, 0.1) is 5.69 Å². The minimum Gasteiger partial charge on any atom is -0.465 e. The number of alkyl halides is 1. The second-order valence-electron chi connectivity index (χ2n) is 4.98. The van der Waals surface area contributed by atoms with Crippen LogP contribution in [0.5, 0.6) is 0 Å². The Hall–Kier alpha value is -1.03. The Labute approximate surface area is 111 Å². The van der Waals surface area contributed by atoms with Crippen molar-refractivity contribution < 1.29 is 9.90 Å². The van der Waals surface area contributed by atoms with E-state index in [2.05, 4.69) is 15.9 Å². The Morgan fingerprint density at radius 2 is 2.00 bits per heavy atom. The first-order valence-corrected chi connectivity index (χ1v) is 6.58. The third-order valence-electron chi connectivity index (χ3n) is 2.66. The lowest BCUT2D eigenvalue weighted by Crippen LogP contribution is -2.45. The molecule has 94 valence electrons. The van der Waals surface area contributed by atoms with Gasteiger partial charge in [-0.25, -0.2) is 4.79 Å². The van der Waals surface area contributed by atoms with Crippen LogP contribution in [0.25, 0.3) is 0 Å². The van der Waals surface area contributed by atoms with Gasteiger partial charge in [0, 0.05) is 10.9 Å². The van der Waals surface area contributed by atoms with Crippen molar-refractivity contribution in [1.82, 2.24) is 0 Å². The molecule has 1 N–H and O–H groups in total. The van der Waals surface area contributed by atoms with E-state index in [1.165, 1.54) is 4.90 Å². The lowest BCUT2D eigenvalue weighted by atomic mass is 10.0. The van der Waals surface area contributed by atoms with E-state index in [1.807, 2.05) is 45.9 Å². The number of anilines is 1. The van der Waals surface area contributed by atoms with Crippen molar-refractivity contribution in [3.8, 4) is 0 Å². The molecule has 0 aliphatic heterocycles. The second-order valence-corrected chi connectivity index (χ2v) is 5.54. The number of carboxylic acid groups (broad SMARTS) is 1. The van der Waals surface area contributed by atoms with E-state index in [4.69, 9.17) is 0 Å². The minimum absolute atomic E-state index is 0.457. The second kappa shape index (κ2) is 5.08. The van der Waals surface area contributed by atoms with Crippen molar-refractivity contribution in [2.45, 2.75) is 38.6 Å². The van der Waals surface area contributed by atoms with Gasteiger partial charge in [0.1, 0.15) is 0 Å². The lowest BCUT2D eigenvalue weighted by molar-refractivity contribution is 0.195. The van der Waals surface area contributed by atoms with E-state index in [-0.39, 0.29) is 0 Å². The van der Waals surface area contributed by atoms with Crippen LogP contribution in [0.3, 0.4) is 0 Å². The molecular weight excluding hydrogens is 282 g/mol. The molecule has 1 aromatic carbocycles. The van der Waals surface area contributed by atoms with Gasteiger partial charge in [-0.15, -0.1) is 0 Å². The van der Waals surface area contributed by atoms with Crippen molar-refractivity contribution in [2.24, 2.45) is 0 Å². The molecule has 0 aliphatic carbocycles. The molecule has 1 aromatic rings. The molecule has 1 rings (SSSR count). The number of benzene rings is 1. The highest BCUT2D eigenvalue weighted by atomic mass is 79.9. The van der Waals surface area contributed by atoms with Gasteiger partial charge >= 0.3 is 6.09 Å². The summed E-state index contributed by atoms with van der Waals surface area (Å²) in [4.78, 5) is 12.8. The molecule has 0 atom stereocenters. The Morgan fingerprint density at radius 1 is 1.41 bits per heavy atom. The maximum atomic E-state index is 11.4. The Balaban J connectivity index is 3.34. The fourth-order valence-electron chi connectivity index (χ4n) is 1.81. The summed E-state index contributed by atoms with van der Waals surface area (Å²) < 4.78 is 0. The van der Waals surface area contributed by atoms with Gasteiger partial charge in [-0.3, -0.25) is 4.90 Å². The van der Waals surface area contributed by atoms with E-state index in [0.29, 0.717) is 0 Å². The predicted octanol–water partition coefficient (Wildman–Crippen LogP) is 4.17. The standard InChI is InChI=1S/C13H18BrNO2/c1-9-10(8-14)6-5-7-11(9)15(12(16)17)13(2,3)4/h5-7H,8H2,1-4H3,(H,16,17). The molecule has 1 amide bonds. The molecular formula is C13H18BrNO2. The average Bonchev–Trinajstić information content (AvgIpc) is 2.18. The van der Waals surface area contributed by atoms with Gasteiger partial charge < -0.3 is 5.11 Å². The molecule has 0 aliphatic rings. The van der Waals surface area contributed by atoms with Crippen molar-refractivity contribution >= 4 is 27.7 Å². The van der Waals surface area contributed by atoms with Gasteiger partial charge in [0.2, 0.25) is 0 Å². The van der Waals surface area contributed by atoms with Crippen LogP contribution in [-0.4, -0.2) is 16.7 Å². The van der Waals surface area contributed by atoms with Crippen LogP contribution in [0.15, 0.2) is 18.2 Å². The molecule has 0 saturated carbocycles. The van der Waals surface area contributed by atoms with Gasteiger partial charge in [-0.05, 0) is 44.9 Å². The maximum Gasteiger partial charge on any atom is 0.412 e. The molecule has 0 aromatic heterocycles. The fourth-order valence-corrected chi connectivity index (χ4v) is 2.42. The van der Waals surface area contributed by atoms with E-state index in [1.54, 1.807) is 0 Å². The highest BCUT2D eigenvalue weighted by molar-refractivity contribution is 9.08. The third-order valence-corrected chi connectivity index (χ3v) is 3.27. The quantitative estimate of drug-likeness (QED) is 0.833. The number of amides is 1. The molecule has 0 radical (unpaired) electrons. The SMILES string of the molecule is Cc1c(CBr)cccc1N(C(=O)O)C(C)(C)C. The molecule has 4 heteroatoms. The first-order chi connectivity index (χ1) is 7.79. The summed E-state index contributed by atoms with van der Waals surface area (Å²) in [7, 11) is 0. The van der Waals surface area contributed by atoms with Crippen LogP contribution in [-0.2, 0) is 5.33 Å². The average molecular weight is 300 g/mol. The highest BCUT2D eigenvalue weighted by Crippen LogP contribution is 2.30. The summed E-state index contributed by atoms with van der Waals surface area (Å²) in [5, 5.41) is 10.1. The Kier molecular flexibility index (Phi) is 4.20. The van der Waals surface area contributed by atoms with Gasteiger partial charge in [0.15, 0.2) is 0 Å². The van der Waals surface area contributed by atoms with E-state index in [9.17, 15) is 9.90 Å². The molecule has 0 heterocycles. The van der Waals surface area contributed by atoms with Crippen molar-refractivity contribution in [3.63, 3.8) is 0 Å². The van der Waals surface area contributed by atoms with Crippen LogP contribution in [0, 0.1) is 6.92 Å². The predicted molar refractivity (Wildman–Crippen MR) is 74.1 cm³/mol. The first-order valence-electron chi connectivity index (χ1n) is 5.46. The lowest BCUT2D eigenvalue weighted by Gasteiger charge is -2.34. The molecule has 0 spiro atoms. The third kappa shape index (κ3) is 3.00. The van der Waals surface area contributed by atoms with Crippen molar-refractivity contribution in [3.05, 3.63) is 29.3 Å². The monoisotopic (exact) mass is 299 g/mol. The number of carbonyl (C=O) groups is 1. The molecule has 0 saturated heterocycles. The van der Waals surface area contributed by atoms with E-state index in [0.717, 1.165) is 22.1 Å². The Bertz CT molecular complexity index is 424. The molecule has 0 fully saturated rings. The molecule has 0 unspecified atom stereocenters. The van der Waals surface area contributed by atoms with Crippen LogP contribution in [0.1, 0.15) is 31.9 Å². The van der Waals surface area contributed by atoms with Crippen LogP contribution < -0.4 is 4.90 Å². The van der Waals surface area contributed by atoms with Crippen molar-refractivity contribution in [1.29, 1.82) is 0 Å². The molecule has 3 nitrogen and oxygen atoms in total. The number of hydrogen-bond donors (Lipinski definition) is 1. The van der Waals surface area contributed by atoms with E-state index >= 15 is 0 Å². The van der Waals surface area contributed by atoms with Crippen molar-refractivity contribution in [2.75, 3.05) is 4.90 Å². The highest BCUT2D eigenvalue weighted by Gasteiger charge is 2.29. The van der Waals surface area contributed by atoms with Gasteiger partial charge in [0.25, 0.3) is 0 Å². The maximum absolute atomic E-state index is 11.4. The summed E-state index contributed by atoms with van der Waals surface area (Å²) in [6, 6.07) is 5.73. The minimum atomic E-state index is -0.924. The first kappa shape index (κ1) is 14.0. The number of rotatable bonds is 2. The zero-order valence-corrected chi connectivity index (χ0v) is 12.2. The fraction of sp³-hybridized carbons (Fsp3) is 0.462. The molecule has 17 heavy (non-hydrogen) atoms. The summed E-state index contributed by atoms with van der Waals surface area (Å²) >= 11 is 3.41. The summed E-state index contributed by atoms with van der Waals surface area (Å²) in [5.41, 5.74) is 2.41. The summed E-state index contributed by atoms with van der Waals surface area (Å²) in [6.07, 6.45) is -0.924. The zero-order valence-electron chi connectivity index (χ0n) is 10.6. The van der Waals surface area contributed by atoms with E-state index < -0.39 is 11.6 Å². The topological polar surface area (TPSA) is 40.5 Å². The van der Waals surface area contributed by atoms with Crippen LogP contribution in [0.4, 0.5) is 10.5 Å². The molecule has 0 bridgehead atoms. The smallest absolute Gasteiger partial charge is 0.412 e. The Morgan fingerprint density at radius 3 is 2.41 bits per heavy atom. The number of nitrogens with zero attached hydrogens (tertiary/aromatic N) is 1. The number of halogens is 1. The van der Waals surface area contributed by atoms with Crippen LogP contribution >= 0.6 is 15.9 Å². The largest absolute Gasteiger partial charge is 0.465 e. The normalized spacial score (nSPS) is 11.4. The van der Waals surface area contributed by atoms with Gasteiger partial charge in [-0.1, -0.05) is 28.1 Å².